The van der Waals surface area contributed by atoms with Crippen molar-refractivity contribution in [2.45, 2.75) is 71.1 Å². The van der Waals surface area contributed by atoms with Gasteiger partial charge in [-0.2, -0.15) is 4.39 Å². The van der Waals surface area contributed by atoms with Crippen molar-refractivity contribution in [1.82, 2.24) is 0 Å². The third kappa shape index (κ3) is 6.87. The Bertz CT molecular complexity index is 852. The summed E-state index contributed by atoms with van der Waals surface area (Å²) in [5, 5.41) is 20.2. The van der Waals surface area contributed by atoms with Crippen LogP contribution >= 0.6 is 0 Å². The van der Waals surface area contributed by atoms with Crippen molar-refractivity contribution in [3.05, 3.63) is 28.8 Å². The Morgan fingerprint density at radius 1 is 0.971 bits per heavy atom. The Hall–Kier alpha value is -2.28. The number of carbonyl (C=O) groups is 2. The summed E-state index contributed by atoms with van der Waals surface area (Å²) in [7, 11) is 0. The van der Waals surface area contributed by atoms with Crippen molar-refractivity contribution in [3.63, 3.8) is 0 Å². The molecule has 1 aromatic carbocycles. The normalized spacial score (nSPS) is 24.7. The van der Waals surface area contributed by atoms with E-state index in [1.807, 2.05) is 0 Å². The zero-order chi connectivity index (χ0) is 25.6. The number of ether oxygens (including phenoxy) is 4. The second-order valence-electron chi connectivity index (χ2n) is 8.05. The van der Waals surface area contributed by atoms with Gasteiger partial charge >= 0.3 is 11.9 Å². The highest BCUT2D eigenvalue weighted by molar-refractivity contribution is 5.72. The van der Waals surface area contributed by atoms with Gasteiger partial charge in [-0.25, -0.2) is 13.2 Å². The predicted octanol–water partition coefficient (Wildman–Crippen LogP) is 2.68. The van der Waals surface area contributed by atoms with Gasteiger partial charge in [-0.1, -0.05) is 13.3 Å². The van der Waals surface area contributed by atoms with Gasteiger partial charge in [0.05, 0.1) is 6.10 Å². The highest BCUT2D eigenvalue weighted by atomic mass is 19.2. The lowest BCUT2D eigenvalue weighted by Gasteiger charge is -2.41. The molecular formula is C22H28F4O8. The van der Waals surface area contributed by atoms with Gasteiger partial charge in [0, 0.05) is 31.4 Å². The number of unbranched alkanes of at least 4 members (excludes halogenated alkanes) is 2. The van der Waals surface area contributed by atoms with Gasteiger partial charge in [-0.05, 0) is 19.8 Å². The van der Waals surface area contributed by atoms with Gasteiger partial charge in [0.1, 0.15) is 18.8 Å². The number of hydrogen-bond acceptors (Lipinski definition) is 8. The average molecular weight is 496 g/mol. The van der Waals surface area contributed by atoms with Crippen molar-refractivity contribution in [2.24, 2.45) is 5.92 Å². The summed E-state index contributed by atoms with van der Waals surface area (Å²) >= 11 is 0. The van der Waals surface area contributed by atoms with Crippen molar-refractivity contribution in [3.8, 4) is 5.75 Å². The quantitative estimate of drug-likeness (QED) is 0.127. The molecule has 1 saturated heterocycles. The molecule has 0 saturated carbocycles. The van der Waals surface area contributed by atoms with Crippen LogP contribution in [0.15, 0.2) is 0 Å². The smallest absolute Gasteiger partial charge is 0.311 e. The fourth-order valence-electron chi connectivity index (χ4n) is 3.32. The summed E-state index contributed by atoms with van der Waals surface area (Å²) in [5.41, 5.74) is -0.800. The maximum absolute atomic E-state index is 13.9. The second-order valence-corrected chi connectivity index (χ2v) is 8.05. The van der Waals surface area contributed by atoms with Crippen molar-refractivity contribution < 1.29 is 56.3 Å². The second kappa shape index (κ2) is 12.4. The van der Waals surface area contributed by atoms with Gasteiger partial charge in [-0.3, -0.25) is 9.59 Å². The average Bonchev–Trinajstić information content (AvgIpc) is 2.80. The Labute approximate surface area is 193 Å². The third-order valence-corrected chi connectivity index (χ3v) is 5.42. The standard InChI is InChI=1S/C22H28F4O8/c1-10-15(23)17(25)18(26)21(16(10)24)34-14(28)7-5-4-6-8-31-22-11(2)19(29)20(30)13(33-22)9-32-12(3)27/h11,13,19-20,22,29-30H,4-9H2,1-3H3. The first-order valence-corrected chi connectivity index (χ1v) is 10.7. The molecule has 5 unspecified atom stereocenters. The van der Waals surface area contributed by atoms with Gasteiger partial charge in [0.25, 0.3) is 0 Å². The van der Waals surface area contributed by atoms with E-state index < -0.39 is 77.0 Å². The summed E-state index contributed by atoms with van der Waals surface area (Å²) in [4.78, 5) is 22.8. The Morgan fingerprint density at radius 3 is 2.29 bits per heavy atom. The molecular weight excluding hydrogens is 468 g/mol. The molecule has 0 bridgehead atoms. The molecule has 2 rings (SSSR count). The Balaban J connectivity index is 1.75. The van der Waals surface area contributed by atoms with Gasteiger partial charge < -0.3 is 29.2 Å². The van der Waals surface area contributed by atoms with Crippen LogP contribution in [-0.2, 0) is 23.8 Å². The molecule has 1 fully saturated rings. The molecule has 8 nitrogen and oxygen atoms in total. The van der Waals surface area contributed by atoms with Crippen LogP contribution in [-0.4, -0.2) is 60.0 Å². The first-order valence-electron chi connectivity index (χ1n) is 10.7. The number of hydrogen-bond donors (Lipinski definition) is 2. The molecule has 12 heteroatoms. The van der Waals surface area contributed by atoms with Crippen LogP contribution in [0, 0.1) is 36.1 Å². The van der Waals surface area contributed by atoms with Gasteiger partial charge in [0.15, 0.2) is 23.7 Å². The summed E-state index contributed by atoms with van der Waals surface area (Å²) in [6.45, 7) is 3.62. The third-order valence-electron chi connectivity index (χ3n) is 5.42. The highest BCUT2D eigenvalue weighted by Crippen LogP contribution is 2.30. The minimum Gasteiger partial charge on any atom is -0.463 e. The number of esters is 2. The largest absolute Gasteiger partial charge is 0.463 e. The molecule has 0 aliphatic carbocycles. The molecule has 2 N–H and O–H groups in total. The molecule has 0 radical (unpaired) electrons. The number of carbonyl (C=O) groups excluding carboxylic acids is 2. The van der Waals surface area contributed by atoms with Crippen LogP contribution in [0.2, 0.25) is 0 Å². The number of rotatable bonds is 10. The summed E-state index contributed by atoms with van der Waals surface area (Å²) in [6, 6.07) is 0. The van der Waals surface area contributed by atoms with Crippen LogP contribution < -0.4 is 4.74 Å². The van der Waals surface area contributed by atoms with E-state index in [0.29, 0.717) is 12.8 Å². The molecule has 1 heterocycles. The molecule has 1 aliphatic rings. The Morgan fingerprint density at radius 2 is 1.65 bits per heavy atom. The molecule has 1 aromatic rings. The number of benzene rings is 1. The van der Waals surface area contributed by atoms with E-state index in [1.54, 1.807) is 6.92 Å². The van der Waals surface area contributed by atoms with E-state index in [9.17, 15) is 37.4 Å². The predicted molar refractivity (Wildman–Crippen MR) is 108 cm³/mol. The summed E-state index contributed by atoms with van der Waals surface area (Å²) in [5.74, 6) is -10.4. The van der Waals surface area contributed by atoms with Crippen molar-refractivity contribution >= 4 is 11.9 Å². The van der Waals surface area contributed by atoms with Gasteiger partial charge in [0.2, 0.25) is 11.6 Å². The molecule has 192 valence electrons. The first kappa shape index (κ1) is 28.0. The number of halogens is 4. The van der Waals surface area contributed by atoms with Crippen LogP contribution in [0.3, 0.4) is 0 Å². The van der Waals surface area contributed by atoms with E-state index in [0.717, 1.165) is 6.92 Å². The zero-order valence-corrected chi connectivity index (χ0v) is 19.0. The van der Waals surface area contributed by atoms with E-state index in [-0.39, 0.29) is 26.1 Å². The van der Waals surface area contributed by atoms with Crippen LogP contribution in [0.5, 0.6) is 5.75 Å². The van der Waals surface area contributed by atoms with E-state index in [1.165, 1.54) is 6.92 Å². The number of aliphatic hydroxyl groups is 2. The van der Waals surface area contributed by atoms with Gasteiger partial charge in [-0.15, -0.1) is 0 Å². The maximum Gasteiger partial charge on any atom is 0.311 e. The molecule has 0 spiro atoms. The molecule has 0 aromatic heterocycles. The van der Waals surface area contributed by atoms with Crippen molar-refractivity contribution in [2.75, 3.05) is 13.2 Å². The lowest BCUT2D eigenvalue weighted by molar-refractivity contribution is -0.283. The fraction of sp³-hybridized carbons (Fsp3) is 0.636. The minimum absolute atomic E-state index is 0.165. The monoisotopic (exact) mass is 496 g/mol. The highest BCUT2D eigenvalue weighted by Gasteiger charge is 2.43. The van der Waals surface area contributed by atoms with Crippen LogP contribution in [0.1, 0.15) is 45.1 Å². The van der Waals surface area contributed by atoms with E-state index in [4.69, 9.17) is 14.2 Å². The molecule has 34 heavy (non-hydrogen) atoms. The molecule has 1 aliphatic heterocycles. The van der Waals surface area contributed by atoms with E-state index in [2.05, 4.69) is 4.74 Å². The summed E-state index contributed by atoms with van der Waals surface area (Å²) < 4.78 is 74.9. The molecule has 5 atom stereocenters. The SMILES string of the molecule is CC(=O)OCC1OC(OCCCCCC(=O)Oc2c(F)c(C)c(F)c(F)c2F)C(C)C(O)C1O. The molecule has 0 amide bonds. The zero-order valence-electron chi connectivity index (χ0n) is 19.0. The Kier molecular flexibility index (Phi) is 10.2. The topological polar surface area (TPSA) is 112 Å². The summed E-state index contributed by atoms with van der Waals surface area (Å²) in [6.07, 6.45) is -3.33. The maximum atomic E-state index is 13.9. The van der Waals surface area contributed by atoms with Crippen LogP contribution in [0.4, 0.5) is 17.6 Å². The number of aliphatic hydroxyl groups excluding tert-OH is 2. The van der Waals surface area contributed by atoms with E-state index >= 15 is 0 Å². The lowest BCUT2D eigenvalue weighted by atomic mass is 9.92. The van der Waals surface area contributed by atoms with Crippen molar-refractivity contribution in [1.29, 1.82) is 0 Å². The van der Waals surface area contributed by atoms with Crippen LogP contribution in [0.25, 0.3) is 0 Å². The minimum atomic E-state index is -1.93. The fourth-order valence-corrected chi connectivity index (χ4v) is 3.32. The lowest BCUT2D eigenvalue weighted by Crippen LogP contribution is -2.55. The first-order chi connectivity index (χ1) is 16.0.